The van der Waals surface area contributed by atoms with Gasteiger partial charge in [-0.1, -0.05) is 58.9 Å². The maximum atomic E-state index is 12.7. The van der Waals surface area contributed by atoms with Crippen molar-refractivity contribution in [3.8, 4) is 0 Å². The van der Waals surface area contributed by atoms with Crippen LogP contribution in [-0.2, 0) is 22.7 Å². The van der Waals surface area contributed by atoms with E-state index in [1.165, 1.54) is 11.1 Å². The molecule has 1 aliphatic rings. The summed E-state index contributed by atoms with van der Waals surface area (Å²) in [7, 11) is 0. The number of rotatable bonds is 7. The highest BCUT2D eigenvalue weighted by molar-refractivity contribution is 5.82. The average Bonchev–Trinajstić information content (AvgIpc) is 2.69. The summed E-state index contributed by atoms with van der Waals surface area (Å²) in [4.78, 5) is 29.4. The zero-order valence-electron chi connectivity index (χ0n) is 18.3. The normalized spacial score (nSPS) is 15.7. The molecule has 1 aromatic carbocycles. The lowest BCUT2D eigenvalue weighted by molar-refractivity contribution is -0.142. The minimum Gasteiger partial charge on any atom is -0.352 e. The molecular formula is C23H37N3O2. The second kappa shape index (κ2) is 10.1. The second-order valence-electron chi connectivity index (χ2n) is 8.76. The fourth-order valence-electron chi connectivity index (χ4n) is 3.72. The van der Waals surface area contributed by atoms with Gasteiger partial charge in [0.2, 0.25) is 11.8 Å². The first kappa shape index (κ1) is 22.4. The lowest BCUT2D eigenvalue weighted by Crippen LogP contribution is -2.46. The van der Waals surface area contributed by atoms with Crippen molar-refractivity contribution < 1.29 is 9.59 Å². The van der Waals surface area contributed by atoms with E-state index < -0.39 is 0 Å². The van der Waals surface area contributed by atoms with Gasteiger partial charge in [0, 0.05) is 37.5 Å². The number of amides is 2. The molecule has 1 N–H and O–H groups in total. The Labute approximate surface area is 170 Å². The molecule has 0 spiro atoms. The number of nitrogens with one attached hydrogen (secondary N) is 1. The highest BCUT2D eigenvalue weighted by Crippen LogP contribution is 2.24. The van der Waals surface area contributed by atoms with E-state index in [1.807, 2.05) is 31.7 Å². The predicted octanol–water partition coefficient (Wildman–Crippen LogP) is 3.43. The third kappa shape index (κ3) is 6.06. The van der Waals surface area contributed by atoms with Gasteiger partial charge in [-0.3, -0.25) is 14.5 Å². The van der Waals surface area contributed by atoms with Crippen LogP contribution in [0.25, 0.3) is 0 Å². The van der Waals surface area contributed by atoms with Gasteiger partial charge < -0.3 is 10.2 Å². The Balaban J connectivity index is 1.88. The topological polar surface area (TPSA) is 52.7 Å². The van der Waals surface area contributed by atoms with Crippen molar-refractivity contribution in [3.05, 3.63) is 35.4 Å². The van der Waals surface area contributed by atoms with Gasteiger partial charge in [-0.15, -0.1) is 0 Å². The van der Waals surface area contributed by atoms with Gasteiger partial charge in [0.25, 0.3) is 0 Å². The van der Waals surface area contributed by atoms with Crippen molar-refractivity contribution in [1.82, 2.24) is 15.1 Å². The molecule has 1 saturated heterocycles. The van der Waals surface area contributed by atoms with Crippen LogP contribution in [0.3, 0.4) is 0 Å². The second-order valence-corrected chi connectivity index (χ2v) is 8.76. The number of carbonyl (C=O) groups excluding carboxylic acids is 2. The molecule has 0 saturated carbocycles. The minimum absolute atomic E-state index is 0.000960. The molecule has 1 heterocycles. The molecule has 0 aromatic heterocycles. The lowest BCUT2D eigenvalue weighted by atomic mass is 9.90. The zero-order valence-corrected chi connectivity index (χ0v) is 18.3. The third-order valence-electron chi connectivity index (χ3n) is 5.65. The van der Waals surface area contributed by atoms with Crippen LogP contribution >= 0.6 is 0 Å². The number of carbonyl (C=O) groups is 2. The summed E-state index contributed by atoms with van der Waals surface area (Å²) >= 11 is 0. The zero-order chi connectivity index (χ0) is 20.7. The van der Waals surface area contributed by atoms with Crippen LogP contribution in [-0.4, -0.2) is 47.8 Å². The summed E-state index contributed by atoms with van der Waals surface area (Å²) in [6.07, 6.45) is 1.49. The van der Waals surface area contributed by atoms with Gasteiger partial charge >= 0.3 is 0 Å². The molecule has 0 bridgehead atoms. The summed E-state index contributed by atoms with van der Waals surface area (Å²) < 4.78 is 0. The van der Waals surface area contributed by atoms with Crippen LogP contribution in [0.1, 0.15) is 58.6 Å². The maximum absolute atomic E-state index is 12.7. The number of nitrogens with zero attached hydrogens (tertiary/aromatic N) is 2. The predicted molar refractivity (Wildman–Crippen MR) is 114 cm³/mol. The molecule has 156 valence electrons. The van der Waals surface area contributed by atoms with E-state index in [9.17, 15) is 9.59 Å². The van der Waals surface area contributed by atoms with E-state index in [1.54, 1.807) is 0 Å². The third-order valence-corrected chi connectivity index (χ3v) is 5.65. The molecule has 5 nitrogen and oxygen atoms in total. The van der Waals surface area contributed by atoms with Crippen LogP contribution < -0.4 is 5.32 Å². The van der Waals surface area contributed by atoms with Gasteiger partial charge in [-0.05, 0) is 37.1 Å². The van der Waals surface area contributed by atoms with Crippen molar-refractivity contribution in [1.29, 1.82) is 0 Å². The fraction of sp³-hybridized carbons (Fsp3) is 0.652. The Morgan fingerprint density at radius 3 is 2.18 bits per heavy atom. The van der Waals surface area contributed by atoms with E-state index in [2.05, 4.69) is 42.3 Å². The Bertz CT molecular complexity index is 654. The molecule has 1 aromatic rings. The van der Waals surface area contributed by atoms with Crippen LogP contribution in [0.5, 0.6) is 0 Å². The first-order valence-electron chi connectivity index (χ1n) is 10.6. The summed E-state index contributed by atoms with van der Waals surface area (Å²) in [6.45, 7) is 15.0. The van der Waals surface area contributed by atoms with E-state index in [0.717, 1.165) is 32.5 Å². The van der Waals surface area contributed by atoms with Crippen molar-refractivity contribution in [3.63, 3.8) is 0 Å². The molecule has 2 amide bonds. The summed E-state index contributed by atoms with van der Waals surface area (Å²) in [6, 6.07) is 8.34. The Kier molecular flexibility index (Phi) is 8.05. The molecular weight excluding hydrogens is 350 g/mol. The Morgan fingerprint density at radius 2 is 1.64 bits per heavy atom. The molecule has 2 rings (SSSR count). The quantitative estimate of drug-likeness (QED) is 0.780. The monoisotopic (exact) mass is 387 g/mol. The molecule has 5 heteroatoms. The number of benzene rings is 1. The highest BCUT2D eigenvalue weighted by Gasteiger charge is 2.32. The first-order chi connectivity index (χ1) is 13.3. The molecule has 28 heavy (non-hydrogen) atoms. The first-order valence-corrected chi connectivity index (χ1v) is 10.6. The molecule has 0 atom stereocenters. The molecule has 0 unspecified atom stereocenters. The summed E-state index contributed by atoms with van der Waals surface area (Å²) in [5, 5.41) is 3.13. The molecule has 0 aliphatic carbocycles. The van der Waals surface area contributed by atoms with Crippen molar-refractivity contribution in [2.24, 2.45) is 11.3 Å². The van der Waals surface area contributed by atoms with Crippen LogP contribution in [0, 0.1) is 11.3 Å². The molecule has 1 fully saturated rings. The van der Waals surface area contributed by atoms with Crippen LogP contribution in [0.4, 0.5) is 0 Å². The van der Waals surface area contributed by atoms with E-state index in [-0.39, 0.29) is 23.1 Å². The minimum atomic E-state index is -0.357. The fourth-order valence-corrected chi connectivity index (χ4v) is 3.72. The number of hydrogen-bond acceptors (Lipinski definition) is 3. The van der Waals surface area contributed by atoms with E-state index in [4.69, 9.17) is 0 Å². The number of piperidine rings is 1. The Morgan fingerprint density at radius 1 is 1.07 bits per heavy atom. The number of likely N-dealkylation sites (tertiary alicyclic amines) is 1. The van der Waals surface area contributed by atoms with Crippen LogP contribution in [0.2, 0.25) is 0 Å². The van der Waals surface area contributed by atoms with Crippen molar-refractivity contribution in [2.75, 3.05) is 26.2 Å². The summed E-state index contributed by atoms with van der Waals surface area (Å²) in [5.74, 6) is 0.288. The SMILES string of the molecule is CCN(CC)Cc1ccccc1CNC(=O)C1CCN(C(=O)C(C)(C)C)CC1. The van der Waals surface area contributed by atoms with Crippen molar-refractivity contribution >= 4 is 11.8 Å². The van der Waals surface area contributed by atoms with Gasteiger partial charge in [0.1, 0.15) is 0 Å². The maximum Gasteiger partial charge on any atom is 0.227 e. The molecule has 1 aliphatic heterocycles. The van der Waals surface area contributed by atoms with Gasteiger partial charge in [0.15, 0.2) is 0 Å². The van der Waals surface area contributed by atoms with Crippen molar-refractivity contribution in [2.45, 2.75) is 60.5 Å². The van der Waals surface area contributed by atoms with Gasteiger partial charge in [-0.2, -0.15) is 0 Å². The number of hydrogen-bond donors (Lipinski definition) is 1. The smallest absolute Gasteiger partial charge is 0.227 e. The van der Waals surface area contributed by atoms with Crippen LogP contribution in [0.15, 0.2) is 24.3 Å². The van der Waals surface area contributed by atoms with Gasteiger partial charge in [0.05, 0.1) is 0 Å². The Hall–Kier alpha value is -1.88. The standard InChI is InChI=1S/C23H37N3O2/c1-6-25(7-2)17-20-11-9-8-10-19(20)16-24-21(27)18-12-14-26(15-13-18)22(28)23(3,4)5/h8-11,18H,6-7,12-17H2,1-5H3,(H,24,27). The highest BCUT2D eigenvalue weighted by atomic mass is 16.2. The van der Waals surface area contributed by atoms with E-state index in [0.29, 0.717) is 19.6 Å². The summed E-state index contributed by atoms with van der Waals surface area (Å²) in [5.41, 5.74) is 2.10. The largest absolute Gasteiger partial charge is 0.352 e. The van der Waals surface area contributed by atoms with E-state index >= 15 is 0 Å². The average molecular weight is 388 g/mol. The van der Waals surface area contributed by atoms with Gasteiger partial charge in [-0.25, -0.2) is 0 Å². The molecule has 0 radical (unpaired) electrons. The lowest BCUT2D eigenvalue weighted by Gasteiger charge is -2.35.